The highest BCUT2D eigenvalue weighted by atomic mass is 32.2. The average molecular weight is 541 g/mol. The lowest BCUT2D eigenvalue weighted by molar-refractivity contribution is -0.124. The Morgan fingerprint density at radius 1 is 0.487 bits per heavy atom. The molecule has 0 N–H and O–H groups in total. The number of imide groups is 2. The average Bonchev–Trinajstić information content (AvgIpc) is 3.77. The van der Waals surface area contributed by atoms with E-state index in [1.54, 1.807) is 0 Å². The Kier molecular flexibility index (Phi) is 4.51. The van der Waals surface area contributed by atoms with E-state index in [2.05, 4.69) is 0 Å². The van der Waals surface area contributed by atoms with Gasteiger partial charge in [-0.25, -0.2) is 8.42 Å². The van der Waals surface area contributed by atoms with Gasteiger partial charge < -0.3 is 0 Å². The van der Waals surface area contributed by atoms with E-state index in [0.717, 1.165) is 12.8 Å². The zero-order valence-corrected chi connectivity index (χ0v) is 21.5. The molecule has 2 aliphatic heterocycles. The Hall–Kier alpha value is -3.85. The predicted octanol–water partition coefficient (Wildman–Crippen LogP) is 3.14. The largest absolute Gasteiger partial charge is 0.274 e. The monoisotopic (exact) mass is 540 g/mol. The number of carbonyl (C=O) groups is 4. The molecule has 0 radical (unpaired) electrons. The van der Waals surface area contributed by atoms with Gasteiger partial charge in [-0.2, -0.15) is 0 Å². The van der Waals surface area contributed by atoms with Crippen LogP contribution in [0.5, 0.6) is 0 Å². The lowest BCUT2D eigenvalue weighted by Crippen LogP contribution is -2.32. The Labute approximate surface area is 224 Å². The number of sulfone groups is 1. The normalized spacial score (nSPS) is 35.6. The minimum atomic E-state index is -3.92. The van der Waals surface area contributed by atoms with Crippen LogP contribution in [-0.2, 0) is 29.0 Å². The smallest absolute Gasteiger partial charge is 0.238 e. The first-order valence-corrected chi connectivity index (χ1v) is 14.8. The molecule has 8 rings (SSSR count). The number of carbonyl (C=O) groups excluding carboxylic acids is 4. The number of nitrogens with zero attached hydrogens (tertiary/aromatic N) is 2. The van der Waals surface area contributed by atoms with Crippen molar-refractivity contribution in [2.45, 2.75) is 22.6 Å². The highest BCUT2D eigenvalue weighted by Crippen LogP contribution is 2.54. The Bertz CT molecular complexity index is 1480. The second kappa shape index (κ2) is 7.63. The number of benzene rings is 2. The molecule has 4 amide bonds. The van der Waals surface area contributed by atoms with Crippen LogP contribution in [0.25, 0.3) is 0 Å². The van der Waals surface area contributed by atoms with Crippen molar-refractivity contribution in [3.63, 3.8) is 0 Å². The molecule has 0 aromatic heterocycles. The van der Waals surface area contributed by atoms with E-state index in [1.807, 2.05) is 24.3 Å². The van der Waals surface area contributed by atoms with E-state index in [1.165, 1.54) is 58.3 Å². The Morgan fingerprint density at radius 3 is 1.05 bits per heavy atom. The molecular formula is C30H24N2O6S. The van der Waals surface area contributed by atoms with Crippen molar-refractivity contribution in [1.82, 2.24) is 0 Å². The minimum Gasteiger partial charge on any atom is -0.274 e. The third-order valence-corrected chi connectivity index (χ3v) is 11.5. The Balaban J connectivity index is 1.03. The number of hydrogen-bond acceptors (Lipinski definition) is 6. The molecule has 0 unspecified atom stereocenters. The molecule has 39 heavy (non-hydrogen) atoms. The maximum Gasteiger partial charge on any atom is 0.238 e. The summed E-state index contributed by atoms with van der Waals surface area (Å²) in [6.07, 6.45) is 9.81. The fourth-order valence-corrected chi connectivity index (χ4v) is 9.26. The lowest BCUT2D eigenvalue weighted by atomic mass is 9.85. The van der Waals surface area contributed by atoms with Crippen molar-refractivity contribution >= 4 is 44.8 Å². The molecule has 2 aromatic rings. The standard InChI is InChI=1S/C30H24N2O6S/c33-27-23-15-1-2-16(13-15)24(23)28(34)31(27)19-5-9-21(10-6-19)39(37,38)22-11-7-20(8-12-22)32-29(35)25-17-3-4-18(14-17)26(25)30(32)36/h1-12,15-18,23-26H,13-14H2/t15-,16-,17-,18-,23-,24+,25+,26+/m0/s1. The van der Waals surface area contributed by atoms with Gasteiger partial charge in [0.25, 0.3) is 0 Å². The Morgan fingerprint density at radius 2 is 0.769 bits per heavy atom. The fraction of sp³-hybridized carbons (Fsp3) is 0.333. The third kappa shape index (κ3) is 2.91. The van der Waals surface area contributed by atoms with Gasteiger partial charge in [-0.1, -0.05) is 24.3 Å². The second-order valence-electron chi connectivity index (χ2n) is 11.5. The highest BCUT2D eigenvalue weighted by molar-refractivity contribution is 7.91. The lowest BCUT2D eigenvalue weighted by Gasteiger charge is -2.18. The van der Waals surface area contributed by atoms with Crippen molar-refractivity contribution in [3.8, 4) is 0 Å². The summed E-state index contributed by atoms with van der Waals surface area (Å²) in [5, 5.41) is 0. The number of rotatable bonds is 4. The van der Waals surface area contributed by atoms with Gasteiger partial charge in [0, 0.05) is 0 Å². The zero-order chi connectivity index (χ0) is 26.8. The fourth-order valence-electron chi connectivity index (χ4n) is 8.00. The first-order chi connectivity index (χ1) is 18.8. The molecular weight excluding hydrogens is 516 g/mol. The van der Waals surface area contributed by atoms with Crippen LogP contribution in [0.1, 0.15) is 12.8 Å². The van der Waals surface area contributed by atoms with Crippen LogP contribution in [0.15, 0.2) is 82.6 Å². The first kappa shape index (κ1) is 23.1. The van der Waals surface area contributed by atoms with Crippen LogP contribution in [0.4, 0.5) is 11.4 Å². The number of fused-ring (bicyclic) bond motifs is 10. The van der Waals surface area contributed by atoms with Gasteiger partial charge in [-0.3, -0.25) is 29.0 Å². The molecule has 4 bridgehead atoms. The van der Waals surface area contributed by atoms with Crippen molar-refractivity contribution in [3.05, 3.63) is 72.8 Å². The number of allylic oxidation sites excluding steroid dienone is 4. The first-order valence-electron chi connectivity index (χ1n) is 13.3. The van der Waals surface area contributed by atoms with Crippen molar-refractivity contribution in [2.75, 3.05) is 9.80 Å². The van der Waals surface area contributed by atoms with Crippen molar-refractivity contribution in [1.29, 1.82) is 0 Å². The minimum absolute atomic E-state index is 0.0190. The summed E-state index contributed by atoms with van der Waals surface area (Å²) in [4.78, 5) is 54.8. The van der Waals surface area contributed by atoms with Crippen molar-refractivity contribution < 1.29 is 27.6 Å². The van der Waals surface area contributed by atoms with Crippen LogP contribution >= 0.6 is 0 Å². The molecule has 4 aliphatic carbocycles. The van der Waals surface area contributed by atoms with Crippen molar-refractivity contribution in [2.24, 2.45) is 47.3 Å². The topological polar surface area (TPSA) is 109 Å². The highest BCUT2D eigenvalue weighted by Gasteiger charge is 2.60. The van der Waals surface area contributed by atoms with Gasteiger partial charge in [0.15, 0.2) is 0 Å². The summed E-state index contributed by atoms with van der Waals surface area (Å²) in [6, 6.07) is 11.6. The van der Waals surface area contributed by atoms with Gasteiger partial charge in [0.2, 0.25) is 33.5 Å². The molecule has 2 heterocycles. The molecule has 0 spiro atoms. The van der Waals surface area contributed by atoms with Crippen LogP contribution < -0.4 is 9.80 Å². The molecule has 4 fully saturated rings. The second-order valence-corrected chi connectivity index (χ2v) is 13.5. The quantitative estimate of drug-likeness (QED) is 0.436. The van der Waals surface area contributed by atoms with E-state index >= 15 is 0 Å². The van der Waals surface area contributed by atoms with Gasteiger partial charge in [-0.05, 0) is 85.0 Å². The summed E-state index contributed by atoms with van der Waals surface area (Å²) in [7, 11) is -3.92. The van der Waals surface area contributed by atoms with Crippen LogP contribution in [0.2, 0.25) is 0 Å². The molecule has 9 heteroatoms. The molecule has 8 atom stereocenters. The summed E-state index contributed by atoms with van der Waals surface area (Å²) in [6.45, 7) is 0. The SMILES string of the molecule is O=C1[C@@H]2[C@H](C(=O)N1c1ccc(S(=O)(=O)c3ccc(N4C(=O)[C@H]5[C@H](C4=O)[C@H]4C=C[C@H]5C4)cc3)cc1)[C@H]1C=C[C@H]2C1. The van der Waals surface area contributed by atoms with E-state index in [0.29, 0.717) is 11.4 Å². The van der Waals surface area contributed by atoms with E-state index < -0.39 is 9.84 Å². The number of hydrogen-bond donors (Lipinski definition) is 0. The zero-order valence-electron chi connectivity index (χ0n) is 20.7. The van der Waals surface area contributed by atoms with Crippen LogP contribution in [0.3, 0.4) is 0 Å². The van der Waals surface area contributed by atoms with Gasteiger partial charge in [-0.15, -0.1) is 0 Å². The third-order valence-electron chi connectivity index (χ3n) is 9.75. The van der Waals surface area contributed by atoms with Crippen LogP contribution in [-0.4, -0.2) is 32.0 Å². The molecule has 2 saturated carbocycles. The molecule has 6 aliphatic rings. The molecule has 2 saturated heterocycles. The molecule has 196 valence electrons. The maximum atomic E-state index is 13.4. The number of amides is 4. The maximum absolute atomic E-state index is 13.4. The summed E-state index contributed by atoms with van der Waals surface area (Å²) >= 11 is 0. The molecule has 8 nitrogen and oxygen atoms in total. The van der Waals surface area contributed by atoms with Crippen LogP contribution in [0, 0.1) is 47.3 Å². The molecule has 2 aromatic carbocycles. The van der Waals surface area contributed by atoms with Gasteiger partial charge in [0.05, 0.1) is 44.8 Å². The summed E-state index contributed by atoms with van der Waals surface area (Å²) in [5.74, 6) is -1.77. The predicted molar refractivity (Wildman–Crippen MR) is 139 cm³/mol. The van der Waals surface area contributed by atoms with Gasteiger partial charge in [0.1, 0.15) is 0 Å². The summed E-state index contributed by atoms with van der Waals surface area (Å²) in [5.41, 5.74) is 0.737. The van der Waals surface area contributed by atoms with E-state index in [9.17, 15) is 27.6 Å². The van der Waals surface area contributed by atoms with E-state index in [-0.39, 0.29) is 80.8 Å². The van der Waals surface area contributed by atoms with E-state index in [4.69, 9.17) is 0 Å². The van der Waals surface area contributed by atoms with Gasteiger partial charge >= 0.3 is 0 Å². The summed E-state index contributed by atoms with van der Waals surface area (Å²) < 4.78 is 26.7. The number of anilines is 2.